The van der Waals surface area contributed by atoms with Crippen LogP contribution in [-0.2, 0) is 14.3 Å². The van der Waals surface area contributed by atoms with Crippen LogP contribution in [0.5, 0.6) is 0 Å². The number of nitrogens with one attached hydrogen (secondary N) is 1. The zero-order valence-electron chi connectivity index (χ0n) is 19.0. The van der Waals surface area contributed by atoms with Gasteiger partial charge in [0.15, 0.2) is 6.61 Å². The smallest absolute Gasteiger partial charge is 0.343 e. The number of amides is 2. The van der Waals surface area contributed by atoms with Crippen LogP contribution in [-0.4, -0.2) is 52.2 Å². The maximum Gasteiger partial charge on any atom is 0.343 e. The van der Waals surface area contributed by atoms with Gasteiger partial charge in [-0.2, -0.15) is 5.10 Å². The molecule has 1 aromatic heterocycles. The third kappa shape index (κ3) is 5.68. The number of anilines is 1. The first-order valence-electron chi connectivity index (χ1n) is 11.2. The van der Waals surface area contributed by atoms with Gasteiger partial charge in [-0.3, -0.25) is 9.59 Å². The van der Waals surface area contributed by atoms with Gasteiger partial charge in [0.05, 0.1) is 11.4 Å². The fourth-order valence-electron chi connectivity index (χ4n) is 3.93. The lowest BCUT2D eigenvalue weighted by atomic mass is 9.95. The third-order valence-electron chi connectivity index (χ3n) is 5.87. The fourth-order valence-corrected chi connectivity index (χ4v) is 4.28. The van der Waals surface area contributed by atoms with E-state index in [9.17, 15) is 18.8 Å². The first-order chi connectivity index (χ1) is 16.8. The predicted octanol–water partition coefficient (Wildman–Crippen LogP) is 4.01. The summed E-state index contributed by atoms with van der Waals surface area (Å²) in [5, 5.41) is 7.13. The Morgan fingerprint density at radius 3 is 2.40 bits per heavy atom. The van der Waals surface area contributed by atoms with Crippen LogP contribution in [0.15, 0.2) is 54.6 Å². The number of halogens is 2. The molecule has 35 heavy (non-hydrogen) atoms. The minimum atomic E-state index is -0.772. The Balaban J connectivity index is 1.29. The van der Waals surface area contributed by atoms with Crippen LogP contribution in [0.2, 0.25) is 5.15 Å². The van der Waals surface area contributed by atoms with Gasteiger partial charge in [-0.15, -0.1) is 0 Å². The first kappa shape index (κ1) is 24.4. The Bertz CT molecular complexity index is 1220. The van der Waals surface area contributed by atoms with Crippen LogP contribution in [0.1, 0.15) is 28.9 Å². The second-order valence-electron chi connectivity index (χ2n) is 8.23. The zero-order chi connectivity index (χ0) is 24.9. The van der Waals surface area contributed by atoms with Gasteiger partial charge in [0, 0.05) is 24.7 Å². The normalized spacial score (nSPS) is 14.0. The molecule has 0 aliphatic carbocycles. The number of carbonyl (C=O) groups is 3. The molecule has 2 heterocycles. The number of carbonyl (C=O) groups excluding carboxylic acids is 3. The number of esters is 1. The average molecular weight is 499 g/mol. The van der Waals surface area contributed by atoms with Crippen molar-refractivity contribution in [1.82, 2.24) is 14.7 Å². The van der Waals surface area contributed by atoms with E-state index in [0.717, 1.165) is 5.69 Å². The van der Waals surface area contributed by atoms with Gasteiger partial charge >= 0.3 is 5.97 Å². The average Bonchev–Trinajstić information content (AvgIpc) is 3.17. The van der Waals surface area contributed by atoms with Crippen molar-refractivity contribution in [2.45, 2.75) is 19.8 Å². The molecule has 10 heteroatoms. The molecule has 1 aliphatic rings. The van der Waals surface area contributed by atoms with Gasteiger partial charge in [0.1, 0.15) is 16.5 Å². The Hall–Kier alpha value is -3.72. The summed E-state index contributed by atoms with van der Waals surface area (Å²) in [7, 11) is 0. The van der Waals surface area contributed by atoms with Gasteiger partial charge in [-0.1, -0.05) is 29.8 Å². The molecule has 2 aromatic carbocycles. The Morgan fingerprint density at radius 1 is 1.09 bits per heavy atom. The molecule has 0 bridgehead atoms. The number of likely N-dealkylation sites (tertiary alicyclic amines) is 1. The number of hydrogen-bond acceptors (Lipinski definition) is 5. The summed E-state index contributed by atoms with van der Waals surface area (Å²) in [4.78, 5) is 39.3. The second-order valence-corrected chi connectivity index (χ2v) is 8.58. The molecule has 3 aromatic rings. The van der Waals surface area contributed by atoms with Crippen molar-refractivity contribution >= 4 is 35.1 Å². The van der Waals surface area contributed by atoms with Crippen molar-refractivity contribution in [3.63, 3.8) is 0 Å². The van der Waals surface area contributed by atoms with E-state index in [-0.39, 0.29) is 28.4 Å². The van der Waals surface area contributed by atoms with E-state index in [1.165, 1.54) is 28.9 Å². The van der Waals surface area contributed by atoms with Gasteiger partial charge in [-0.05, 0) is 56.2 Å². The van der Waals surface area contributed by atoms with Crippen LogP contribution in [0.25, 0.3) is 5.69 Å². The molecule has 1 aliphatic heterocycles. The van der Waals surface area contributed by atoms with Crippen molar-refractivity contribution < 1.29 is 23.5 Å². The molecule has 1 saturated heterocycles. The lowest BCUT2D eigenvalue weighted by Gasteiger charge is -2.31. The molecule has 182 valence electrons. The van der Waals surface area contributed by atoms with Crippen molar-refractivity contribution in [3.05, 3.63) is 76.8 Å². The number of rotatable bonds is 6. The second kappa shape index (κ2) is 10.7. The van der Waals surface area contributed by atoms with Gasteiger partial charge < -0.3 is 15.0 Å². The standard InChI is InChI=1S/C25H24ClFN4O4/c1-16-22(23(26)31(29-16)20-9-7-18(27)8-10-20)25(34)35-15-21(32)30-13-11-17(12-14-30)24(33)28-19-5-3-2-4-6-19/h2-10,17H,11-15H2,1H3,(H,28,33). The Kier molecular flexibility index (Phi) is 7.45. The lowest BCUT2D eigenvalue weighted by molar-refractivity contribution is -0.137. The van der Waals surface area contributed by atoms with E-state index in [4.69, 9.17) is 16.3 Å². The summed E-state index contributed by atoms with van der Waals surface area (Å²) in [6.45, 7) is 1.93. The monoisotopic (exact) mass is 498 g/mol. The molecular weight excluding hydrogens is 475 g/mol. The summed E-state index contributed by atoms with van der Waals surface area (Å²) in [5.74, 6) is -1.79. The first-order valence-corrected chi connectivity index (χ1v) is 11.5. The number of hydrogen-bond donors (Lipinski definition) is 1. The minimum Gasteiger partial charge on any atom is -0.452 e. The maximum absolute atomic E-state index is 13.2. The summed E-state index contributed by atoms with van der Waals surface area (Å²) in [6, 6.07) is 14.7. The summed E-state index contributed by atoms with van der Waals surface area (Å²) in [6.07, 6.45) is 1.04. The maximum atomic E-state index is 13.2. The van der Waals surface area contributed by atoms with Crippen molar-refractivity contribution in [2.24, 2.45) is 5.92 Å². The zero-order valence-corrected chi connectivity index (χ0v) is 19.8. The molecule has 0 saturated carbocycles. The van der Waals surface area contributed by atoms with Crippen LogP contribution in [0, 0.1) is 18.7 Å². The van der Waals surface area contributed by atoms with Crippen LogP contribution < -0.4 is 5.32 Å². The predicted molar refractivity (Wildman–Crippen MR) is 128 cm³/mol. The summed E-state index contributed by atoms with van der Waals surface area (Å²) < 4.78 is 19.7. The molecule has 1 N–H and O–H groups in total. The highest BCUT2D eigenvalue weighted by molar-refractivity contribution is 6.33. The molecule has 0 spiro atoms. The molecule has 0 unspecified atom stereocenters. The van der Waals surface area contributed by atoms with E-state index in [1.807, 2.05) is 30.3 Å². The summed E-state index contributed by atoms with van der Waals surface area (Å²) >= 11 is 6.34. The molecule has 4 rings (SSSR count). The fraction of sp³-hybridized carbons (Fsp3) is 0.280. The lowest BCUT2D eigenvalue weighted by Crippen LogP contribution is -2.43. The van der Waals surface area contributed by atoms with E-state index >= 15 is 0 Å². The number of aryl methyl sites for hydroxylation is 1. The number of para-hydroxylation sites is 1. The van der Waals surface area contributed by atoms with Crippen LogP contribution in [0.3, 0.4) is 0 Å². The van der Waals surface area contributed by atoms with Crippen LogP contribution in [0.4, 0.5) is 10.1 Å². The number of piperidine rings is 1. The van der Waals surface area contributed by atoms with Gasteiger partial charge in [-0.25, -0.2) is 13.9 Å². The number of nitrogens with zero attached hydrogens (tertiary/aromatic N) is 3. The third-order valence-corrected chi connectivity index (χ3v) is 6.21. The van der Waals surface area contributed by atoms with Gasteiger partial charge in [0.25, 0.3) is 5.91 Å². The highest BCUT2D eigenvalue weighted by atomic mass is 35.5. The highest BCUT2D eigenvalue weighted by Gasteiger charge is 2.29. The molecule has 0 radical (unpaired) electrons. The van der Waals surface area contributed by atoms with Crippen molar-refractivity contribution in [1.29, 1.82) is 0 Å². The Morgan fingerprint density at radius 2 is 1.74 bits per heavy atom. The van der Waals surface area contributed by atoms with E-state index in [1.54, 1.807) is 11.8 Å². The number of ether oxygens (including phenoxy) is 1. The SMILES string of the molecule is Cc1nn(-c2ccc(F)cc2)c(Cl)c1C(=O)OCC(=O)N1CCC(C(=O)Nc2ccccc2)CC1. The molecule has 8 nitrogen and oxygen atoms in total. The molecular formula is C25H24ClFN4O4. The van der Waals surface area contributed by atoms with E-state index in [2.05, 4.69) is 10.4 Å². The number of benzene rings is 2. The largest absolute Gasteiger partial charge is 0.452 e. The molecule has 1 fully saturated rings. The van der Waals surface area contributed by atoms with Gasteiger partial charge in [0.2, 0.25) is 5.91 Å². The highest BCUT2D eigenvalue weighted by Crippen LogP contribution is 2.25. The molecule has 0 atom stereocenters. The quantitative estimate of drug-likeness (QED) is 0.518. The number of aromatic nitrogens is 2. The Labute approximate surface area is 206 Å². The van der Waals surface area contributed by atoms with Crippen LogP contribution >= 0.6 is 11.6 Å². The van der Waals surface area contributed by atoms with E-state index < -0.39 is 18.4 Å². The van der Waals surface area contributed by atoms with E-state index in [0.29, 0.717) is 37.3 Å². The van der Waals surface area contributed by atoms with Crippen molar-refractivity contribution in [3.8, 4) is 5.69 Å². The minimum absolute atomic E-state index is 0.0109. The molecule has 2 amide bonds. The summed E-state index contributed by atoms with van der Waals surface area (Å²) in [5.41, 5.74) is 1.58. The van der Waals surface area contributed by atoms with Crippen molar-refractivity contribution in [2.75, 3.05) is 25.0 Å². The topological polar surface area (TPSA) is 93.5 Å².